The second-order valence-electron chi connectivity index (χ2n) is 13.8. The first-order valence-electron chi connectivity index (χ1n) is 18.5. The van der Waals surface area contributed by atoms with Gasteiger partial charge in [-0.1, -0.05) is 0 Å². The summed E-state index contributed by atoms with van der Waals surface area (Å²) in [5.41, 5.74) is 3.82. The van der Waals surface area contributed by atoms with E-state index in [1.54, 1.807) is 50.5 Å². The number of fused-ring (bicyclic) bond motifs is 2. The smallest absolute Gasteiger partial charge is 0.334 e. The molecule has 2 N–H and O–H groups in total. The van der Waals surface area contributed by atoms with E-state index in [0.717, 1.165) is 20.0 Å². The first-order valence-corrected chi connectivity index (χ1v) is 21.4. The Bertz CT molecular complexity index is 2220. The van der Waals surface area contributed by atoms with Gasteiger partial charge < -0.3 is 29.5 Å². The summed E-state index contributed by atoms with van der Waals surface area (Å²) in [6.45, 7) is 11.7. The van der Waals surface area contributed by atoms with Gasteiger partial charge in [0.05, 0.1) is 42.5 Å². The van der Waals surface area contributed by atoms with Gasteiger partial charge in [-0.05, 0) is 64.1 Å². The predicted molar refractivity (Wildman–Crippen MR) is 223 cm³/mol. The summed E-state index contributed by atoms with van der Waals surface area (Å²) in [4.78, 5) is 45.4. The molecule has 16 heteroatoms. The molecule has 0 radical (unpaired) electrons. The Morgan fingerprint density at radius 2 is 1.24 bits per heavy atom. The number of halogens is 3. The Morgan fingerprint density at radius 3 is 1.71 bits per heavy atom. The number of hydrogen-bond acceptors (Lipinski definition) is 12. The summed E-state index contributed by atoms with van der Waals surface area (Å²) < 4.78 is 50.3. The van der Waals surface area contributed by atoms with E-state index in [9.17, 15) is 33.4 Å². The molecule has 5 aromatic rings. The van der Waals surface area contributed by atoms with Crippen molar-refractivity contribution in [3.63, 3.8) is 0 Å². The van der Waals surface area contributed by atoms with E-state index >= 15 is 0 Å². The molecule has 2 aliphatic heterocycles. The molecule has 0 bridgehead atoms. The number of benzene rings is 3. The Morgan fingerprint density at radius 1 is 0.759 bits per heavy atom. The minimum atomic E-state index is -2.59. The van der Waals surface area contributed by atoms with Crippen molar-refractivity contribution in [2.75, 3.05) is 42.6 Å². The van der Waals surface area contributed by atoms with Crippen LogP contribution in [0.3, 0.4) is 0 Å². The Hall–Kier alpha value is -5.04. The van der Waals surface area contributed by atoms with E-state index in [-0.39, 0.29) is 43.1 Å². The van der Waals surface area contributed by atoms with Crippen LogP contribution >= 0.6 is 20.6 Å². The van der Waals surface area contributed by atoms with E-state index < -0.39 is 44.7 Å². The summed E-state index contributed by atoms with van der Waals surface area (Å²) in [5.74, 6) is -2.45. The largest absolute Gasteiger partial charge is 0.479 e. The molecular formula is C42H47F2IN4O9. The zero-order valence-electron chi connectivity index (χ0n) is 33.0. The number of carbonyl (C=O) groups is 3. The molecule has 13 nitrogen and oxygen atoms in total. The van der Waals surface area contributed by atoms with Crippen LogP contribution in [0.4, 0.5) is 20.2 Å². The van der Waals surface area contributed by atoms with Gasteiger partial charge in [0.25, 0.3) is 0 Å². The summed E-state index contributed by atoms with van der Waals surface area (Å²) in [7, 11) is 0. The van der Waals surface area contributed by atoms with Crippen molar-refractivity contribution in [1.82, 2.24) is 9.97 Å². The van der Waals surface area contributed by atoms with Gasteiger partial charge in [0.15, 0.2) is 6.10 Å². The number of anilines is 2. The number of aliphatic carboxylic acids is 1. The maximum absolute atomic E-state index is 14.2. The molecule has 2 aromatic heterocycles. The Labute approximate surface area is 343 Å². The molecule has 0 unspecified atom stereocenters. The normalized spacial score (nSPS) is 19.3. The number of carboxylic acids is 1. The van der Waals surface area contributed by atoms with Crippen molar-refractivity contribution in [3.05, 3.63) is 105 Å². The third kappa shape index (κ3) is 11.1. The molecule has 2 aliphatic rings. The predicted octanol–water partition coefficient (Wildman–Crippen LogP) is 6.95. The Kier molecular flexibility index (Phi) is 15.3. The monoisotopic (exact) mass is 916 g/mol. The van der Waals surface area contributed by atoms with Gasteiger partial charge in [-0.2, -0.15) is 0 Å². The van der Waals surface area contributed by atoms with Crippen LogP contribution in [0.25, 0.3) is 21.8 Å². The number of carbonyl (C=O) groups excluding carboxylic acids is 2. The first-order chi connectivity index (χ1) is 27.7. The minimum absolute atomic E-state index is 0.00742. The van der Waals surface area contributed by atoms with Crippen molar-refractivity contribution in [2.45, 2.75) is 66.0 Å². The van der Waals surface area contributed by atoms with Crippen molar-refractivity contribution in [3.8, 4) is 0 Å². The summed E-state index contributed by atoms with van der Waals surface area (Å²) in [6, 6.07) is 19.5. The van der Waals surface area contributed by atoms with E-state index in [4.69, 9.17) is 15.6 Å². The van der Waals surface area contributed by atoms with Gasteiger partial charge in [-0.15, -0.1) is 0 Å². The number of rotatable bonds is 7. The maximum atomic E-state index is 14.2. The molecule has 3 aromatic carbocycles. The molecular weight excluding hydrogens is 869 g/mol. The van der Waals surface area contributed by atoms with Crippen LogP contribution in [0.2, 0.25) is 0 Å². The number of morpholine rings is 2. The molecule has 4 heterocycles. The van der Waals surface area contributed by atoms with Crippen LogP contribution in [-0.4, -0.2) is 95.3 Å². The third-order valence-corrected chi connectivity index (χ3v) is 12.9. The number of aliphatic hydroxyl groups is 1. The SMILES string of the molecule is CC(=O)OI(OC(C)=O)c1ccccc1.Cc1c(F)cc(N2C[C@@H](C)O[C@@H](C(=O)O)C2)c2cccnc12.Cc1c(F)cc(N2C[C@H](CO)O[C@H](C)C2)c2cccnc12. The van der Waals surface area contributed by atoms with Gasteiger partial charge in [0.1, 0.15) is 11.6 Å². The van der Waals surface area contributed by atoms with E-state index in [2.05, 4.69) is 14.9 Å². The average Bonchev–Trinajstić information content (AvgIpc) is 3.20. The Balaban J connectivity index is 0.000000169. The van der Waals surface area contributed by atoms with Gasteiger partial charge in [-0.25, -0.2) is 13.6 Å². The van der Waals surface area contributed by atoms with E-state index in [1.165, 1.54) is 19.9 Å². The van der Waals surface area contributed by atoms with Crippen molar-refractivity contribution >= 4 is 71.7 Å². The summed E-state index contributed by atoms with van der Waals surface area (Å²) in [5, 5.41) is 20.3. The van der Waals surface area contributed by atoms with Crippen LogP contribution in [0.5, 0.6) is 0 Å². The minimum Gasteiger partial charge on any atom is -0.479 e. The zero-order valence-corrected chi connectivity index (χ0v) is 35.2. The number of nitrogens with zero attached hydrogens (tertiary/aromatic N) is 4. The van der Waals surface area contributed by atoms with Crippen LogP contribution in [0, 0.1) is 29.1 Å². The maximum Gasteiger partial charge on any atom is 0.334 e. The third-order valence-electron chi connectivity index (χ3n) is 9.14. The molecule has 0 aliphatic carbocycles. The second-order valence-corrected chi connectivity index (χ2v) is 17.2. The molecule has 310 valence electrons. The number of hydrogen-bond donors (Lipinski definition) is 2. The van der Waals surface area contributed by atoms with Crippen LogP contribution < -0.4 is 9.80 Å². The molecule has 2 saturated heterocycles. The van der Waals surface area contributed by atoms with E-state index in [0.29, 0.717) is 47.5 Å². The van der Waals surface area contributed by atoms with Crippen molar-refractivity contribution in [2.24, 2.45) is 0 Å². The summed E-state index contributed by atoms with van der Waals surface area (Å²) in [6.07, 6.45) is 1.89. The standard InChI is InChI=1S/C16H17FN2O3.C16H19FN2O2.C10H11IO4/c1-9-7-19(8-14(22-9)16(20)21)13-6-12(17)10(2)15-11(13)4-3-5-18-15;1-10-7-19(8-12(9-20)21-10)15-6-14(17)11(2)16-13(15)4-3-5-18-16;1-8(12)14-11(15-9(2)13)10-6-4-3-5-7-10/h3-6,9,14H,7-8H2,1-2H3,(H,20,21);3-6,10,12,20H,7-9H2,1-2H3;3-7H,1-2H3/t9-,14-;10-,12-;/m11./s1. The van der Waals surface area contributed by atoms with Crippen molar-refractivity contribution < 1.29 is 49.0 Å². The van der Waals surface area contributed by atoms with E-state index in [1.807, 2.05) is 55.1 Å². The topological polar surface area (TPSA) is 161 Å². The first kappa shape index (κ1) is 44.1. The molecule has 2 fully saturated rings. The fraction of sp³-hybridized carbons (Fsp3) is 0.357. The van der Waals surface area contributed by atoms with Crippen LogP contribution in [0.1, 0.15) is 38.8 Å². The summed E-state index contributed by atoms with van der Waals surface area (Å²) >= 11 is -2.59. The molecule has 58 heavy (non-hydrogen) atoms. The van der Waals surface area contributed by atoms with Crippen molar-refractivity contribution in [1.29, 1.82) is 0 Å². The zero-order chi connectivity index (χ0) is 42.1. The van der Waals surface area contributed by atoms with Crippen LogP contribution in [0.15, 0.2) is 79.1 Å². The fourth-order valence-corrected chi connectivity index (χ4v) is 9.36. The number of aromatic nitrogens is 2. The molecule has 4 atom stereocenters. The molecule has 7 rings (SSSR count). The second kappa shape index (κ2) is 20.1. The molecule has 0 saturated carbocycles. The molecule has 0 spiro atoms. The van der Waals surface area contributed by atoms with Gasteiger partial charge in [0.2, 0.25) is 0 Å². The van der Waals surface area contributed by atoms with Gasteiger partial charge in [-0.3, -0.25) is 9.97 Å². The molecule has 0 amide bonds. The fourth-order valence-electron chi connectivity index (χ4n) is 6.63. The average molecular weight is 917 g/mol. The number of ether oxygens (including phenoxy) is 2. The number of aliphatic hydroxyl groups excluding tert-OH is 1. The van der Waals surface area contributed by atoms with Gasteiger partial charge >= 0.3 is 102 Å². The number of aryl methyl sites for hydroxylation is 2. The quantitative estimate of drug-likeness (QED) is 0.162. The van der Waals surface area contributed by atoms with Gasteiger partial charge in [0, 0.05) is 65.3 Å². The number of pyridine rings is 2. The number of carboxylic acid groups (broad SMARTS) is 1. The van der Waals surface area contributed by atoms with Crippen LogP contribution in [-0.2, 0) is 30.0 Å².